The van der Waals surface area contributed by atoms with Crippen molar-refractivity contribution in [3.63, 3.8) is 0 Å². The Labute approximate surface area is 113 Å². The molecular weight excluding hydrogens is 283 g/mol. The van der Waals surface area contributed by atoms with E-state index in [1.807, 2.05) is 6.07 Å². The van der Waals surface area contributed by atoms with Crippen LogP contribution < -0.4 is 5.32 Å². The van der Waals surface area contributed by atoms with Gasteiger partial charge in [-0.05, 0) is 19.1 Å². The number of nitrogens with one attached hydrogen (secondary N) is 1. The third-order valence-corrected chi connectivity index (χ3v) is 2.28. The number of hydrogen-bond donors (Lipinski definition) is 1. The van der Waals surface area contributed by atoms with Gasteiger partial charge in [0, 0.05) is 6.04 Å². The van der Waals surface area contributed by atoms with Gasteiger partial charge in [-0.25, -0.2) is 4.98 Å². The topological polar surface area (TPSA) is 57.9 Å². The third kappa shape index (κ3) is 5.77. The third-order valence-electron chi connectivity index (χ3n) is 1.98. The molecule has 0 aromatic carbocycles. The lowest BCUT2D eigenvalue weighted by Gasteiger charge is -2.15. The highest BCUT2D eigenvalue weighted by molar-refractivity contribution is 6.31. The molecule has 1 heterocycles. The van der Waals surface area contributed by atoms with Crippen LogP contribution in [0.15, 0.2) is 12.1 Å². The van der Waals surface area contributed by atoms with Crippen molar-refractivity contribution in [1.82, 2.24) is 4.98 Å². The molecule has 0 fully saturated rings. The van der Waals surface area contributed by atoms with Crippen LogP contribution >= 0.6 is 11.6 Å². The Morgan fingerprint density at radius 2 is 2.21 bits per heavy atom. The molecule has 0 bridgehead atoms. The van der Waals surface area contributed by atoms with Gasteiger partial charge in [0.1, 0.15) is 18.5 Å². The van der Waals surface area contributed by atoms with Crippen LogP contribution in [0.2, 0.25) is 5.02 Å². The molecule has 0 aliphatic carbocycles. The van der Waals surface area contributed by atoms with Crippen LogP contribution in [-0.4, -0.2) is 30.4 Å². The highest BCUT2D eigenvalue weighted by Crippen LogP contribution is 2.17. The number of anilines is 1. The van der Waals surface area contributed by atoms with Crippen molar-refractivity contribution in [3.8, 4) is 6.07 Å². The van der Waals surface area contributed by atoms with Crippen LogP contribution in [0.25, 0.3) is 0 Å². The largest absolute Gasteiger partial charge is 0.411 e. The summed E-state index contributed by atoms with van der Waals surface area (Å²) in [6, 6.07) is 4.44. The minimum atomic E-state index is -4.34. The smallest absolute Gasteiger partial charge is 0.370 e. The maximum absolute atomic E-state index is 11.9. The molecule has 0 spiro atoms. The first-order chi connectivity index (χ1) is 8.81. The minimum Gasteiger partial charge on any atom is -0.370 e. The first kappa shape index (κ1) is 15.5. The van der Waals surface area contributed by atoms with Crippen molar-refractivity contribution in [2.45, 2.75) is 19.1 Å². The number of nitrogens with zero attached hydrogens (tertiary/aromatic N) is 2. The van der Waals surface area contributed by atoms with Gasteiger partial charge in [0.2, 0.25) is 0 Å². The van der Waals surface area contributed by atoms with E-state index in [0.717, 1.165) is 0 Å². The van der Waals surface area contributed by atoms with Gasteiger partial charge in [0.25, 0.3) is 0 Å². The zero-order chi connectivity index (χ0) is 14.5. The van der Waals surface area contributed by atoms with Crippen LogP contribution in [0.1, 0.15) is 12.6 Å². The molecule has 0 amide bonds. The maximum atomic E-state index is 11.9. The van der Waals surface area contributed by atoms with Crippen LogP contribution in [0, 0.1) is 11.3 Å². The van der Waals surface area contributed by atoms with Crippen LogP contribution in [0.5, 0.6) is 0 Å². The Morgan fingerprint density at radius 3 is 2.79 bits per heavy atom. The van der Waals surface area contributed by atoms with E-state index in [1.54, 1.807) is 6.92 Å². The van der Waals surface area contributed by atoms with Gasteiger partial charge in [0.05, 0.1) is 11.6 Å². The predicted molar refractivity (Wildman–Crippen MR) is 63.9 cm³/mol. The second-order valence-electron chi connectivity index (χ2n) is 3.81. The summed E-state index contributed by atoms with van der Waals surface area (Å²) < 4.78 is 40.1. The summed E-state index contributed by atoms with van der Waals surface area (Å²) in [7, 11) is 0. The van der Waals surface area contributed by atoms with E-state index in [9.17, 15) is 13.2 Å². The number of hydrogen-bond acceptors (Lipinski definition) is 4. The van der Waals surface area contributed by atoms with E-state index in [-0.39, 0.29) is 23.4 Å². The zero-order valence-corrected chi connectivity index (χ0v) is 10.7. The number of aromatic nitrogens is 1. The Kier molecular flexibility index (Phi) is 5.39. The molecule has 4 nitrogen and oxygen atoms in total. The Hall–Kier alpha value is -1.52. The number of nitriles is 1. The monoisotopic (exact) mass is 293 g/mol. The average Bonchev–Trinajstić information content (AvgIpc) is 2.30. The summed E-state index contributed by atoms with van der Waals surface area (Å²) in [5.74, 6) is 0.351. The van der Waals surface area contributed by atoms with Crippen molar-refractivity contribution in [2.75, 3.05) is 18.5 Å². The maximum Gasteiger partial charge on any atom is 0.411 e. The van der Waals surface area contributed by atoms with Gasteiger partial charge >= 0.3 is 6.18 Å². The normalized spacial score (nSPS) is 12.8. The molecule has 8 heteroatoms. The Bertz CT molecular complexity index is 473. The van der Waals surface area contributed by atoms with Gasteiger partial charge in [0.15, 0.2) is 5.69 Å². The lowest BCUT2D eigenvalue weighted by molar-refractivity contribution is -0.174. The van der Waals surface area contributed by atoms with Crippen molar-refractivity contribution in [1.29, 1.82) is 5.26 Å². The van der Waals surface area contributed by atoms with Crippen LogP contribution in [0.4, 0.5) is 19.0 Å². The number of alkyl halides is 3. The number of pyridine rings is 1. The fourth-order valence-corrected chi connectivity index (χ4v) is 1.39. The predicted octanol–water partition coefficient (Wildman–Crippen LogP) is 2.99. The van der Waals surface area contributed by atoms with Gasteiger partial charge in [-0.15, -0.1) is 0 Å². The second-order valence-corrected chi connectivity index (χ2v) is 4.22. The summed E-state index contributed by atoms with van der Waals surface area (Å²) >= 11 is 5.70. The molecule has 1 N–H and O–H groups in total. The van der Waals surface area contributed by atoms with Gasteiger partial charge < -0.3 is 10.1 Å². The number of halogens is 4. The average molecular weight is 294 g/mol. The second kappa shape index (κ2) is 6.59. The van der Waals surface area contributed by atoms with E-state index in [0.29, 0.717) is 5.82 Å². The first-order valence-electron chi connectivity index (χ1n) is 5.29. The fraction of sp³-hybridized carbons (Fsp3) is 0.455. The summed E-state index contributed by atoms with van der Waals surface area (Å²) in [4.78, 5) is 3.91. The summed E-state index contributed by atoms with van der Waals surface area (Å²) in [6.07, 6.45) is -4.34. The van der Waals surface area contributed by atoms with E-state index >= 15 is 0 Å². The number of ether oxygens (including phenoxy) is 1. The van der Waals surface area contributed by atoms with Crippen molar-refractivity contribution < 1.29 is 17.9 Å². The molecule has 0 saturated heterocycles. The summed E-state index contributed by atoms with van der Waals surface area (Å²) in [6.45, 7) is 0.209. The molecular formula is C11H11ClF3N3O. The molecule has 1 unspecified atom stereocenters. The highest BCUT2D eigenvalue weighted by atomic mass is 35.5. The van der Waals surface area contributed by atoms with E-state index in [4.69, 9.17) is 16.9 Å². The molecule has 0 saturated carbocycles. The van der Waals surface area contributed by atoms with Gasteiger partial charge in [-0.1, -0.05) is 11.6 Å². The van der Waals surface area contributed by atoms with Crippen LogP contribution in [-0.2, 0) is 4.74 Å². The van der Waals surface area contributed by atoms with E-state index < -0.39 is 12.8 Å². The first-order valence-corrected chi connectivity index (χ1v) is 5.67. The van der Waals surface area contributed by atoms with Crippen molar-refractivity contribution in [2.24, 2.45) is 0 Å². The molecule has 19 heavy (non-hydrogen) atoms. The summed E-state index contributed by atoms with van der Waals surface area (Å²) in [5.41, 5.74) is 0.0510. The molecule has 0 aliphatic heterocycles. The number of rotatable bonds is 5. The zero-order valence-electron chi connectivity index (χ0n) is 9.96. The van der Waals surface area contributed by atoms with Gasteiger partial charge in [-0.2, -0.15) is 18.4 Å². The standard InChI is InChI=1S/C11H11ClF3N3O/c1-7(5-19-6-11(13,14)15)17-10-3-2-8(12)9(4-16)18-10/h2-3,7H,5-6H2,1H3,(H,17,18). The molecule has 0 aliphatic rings. The van der Waals surface area contributed by atoms with E-state index in [2.05, 4.69) is 15.0 Å². The summed E-state index contributed by atoms with van der Waals surface area (Å²) in [5, 5.41) is 11.8. The van der Waals surface area contributed by atoms with E-state index in [1.165, 1.54) is 12.1 Å². The minimum absolute atomic E-state index is 0.0510. The Morgan fingerprint density at radius 1 is 1.53 bits per heavy atom. The Balaban J connectivity index is 2.49. The van der Waals surface area contributed by atoms with Crippen molar-refractivity contribution in [3.05, 3.63) is 22.8 Å². The quantitative estimate of drug-likeness (QED) is 0.907. The lowest BCUT2D eigenvalue weighted by Crippen LogP contribution is -2.26. The molecule has 0 radical (unpaired) electrons. The molecule has 104 valence electrons. The molecule has 1 aromatic rings. The van der Waals surface area contributed by atoms with Gasteiger partial charge in [-0.3, -0.25) is 0 Å². The highest BCUT2D eigenvalue weighted by Gasteiger charge is 2.27. The van der Waals surface area contributed by atoms with Crippen molar-refractivity contribution >= 4 is 17.4 Å². The van der Waals surface area contributed by atoms with Crippen LogP contribution in [0.3, 0.4) is 0 Å². The molecule has 1 rings (SSSR count). The lowest BCUT2D eigenvalue weighted by atomic mass is 10.3. The molecule has 1 atom stereocenters. The fourth-order valence-electron chi connectivity index (χ4n) is 1.25. The SMILES string of the molecule is CC(COCC(F)(F)F)Nc1ccc(Cl)c(C#N)n1. The molecule has 1 aromatic heterocycles.